The Morgan fingerprint density at radius 1 is 1.07 bits per heavy atom. The van der Waals surface area contributed by atoms with Crippen molar-refractivity contribution in [1.82, 2.24) is 4.90 Å². The molecular weight excluding hydrogens is 364 g/mol. The molecule has 0 aromatic heterocycles. The first kappa shape index (κ1) is 20.5. The van der Waals surface area contributed by atoms with Crippen LogP contribution in [0.4, 0.5) is 27.6 Å². The number of nitrogens with two attached hydrogens (primary N) is 1. The number of ether oxygens (including phenoxy) is 1. The topological polar surface area (TPSA) is 62.3 Å². The van der Waals surface area contributed by atoms with Crippen LogP contribution in [0, 0.1) is 11.3 Å². The molecule has 0 saturated heterocycles. The van der Waals surface area contributed by atoms with E-state index in [2.05, 4.69) is 0 Å². The van der Waals surface area contributed by atoms with Gasteiger partial charge in [0.05, 0.1) is 17.3 Å². The SMILES string of the molecule is CN(C)Cc1cc(C([18F])([18F])C([18F])([18F])[18F])c(C#N)cc1Oc1ccccc1N. The van der Waals surface area contributed by atoms with Gasteiger partial charge in [0, 0.05) is 17.7 Å². The first-order chi connectivity index (χ1) is 12.5. The van der Waals surface area contributed by atoms with Crippen molar-refractivity contribution in [3.05, 3.63) is 53.1 Å². The quantitative estimate of drug-likeness (QED) is 0.606. The third-order valence-electron chi connectivity index (χ3n) is 3.64. The summed E-state index contributed by atoms with van der Waals surface area (Å²) in [5.41, 5.74) is 3.84. The molecule has 2 aromatic rings. The predicted octanol–water partition coefficient (Wildman–Crippen LogP) is 4.65. The second-order valence-electron chi connectivity index (χ2n) is 6.07. The maximum Gasteiger partial charge on any atom is 0.458 e. The summed E-state index contributed by atoms with van der Waals surface area (Å²) in [4.78, 5) is 1.57. The number of hydrogen-bond acceptors (Lipinski definition) is 4. The van der Waals surface area contributed by atoms with Crippen LogP contribution in [0.3, 0.4) is 0 Å². The summed E-state index contributed by atoms with van der Waals surface area (Å²) >= 11 is 0. The molecule has 0 unspecified atom stereocenters. The number of alkyl halides is 5. The first-order valence-corrected chi connectivity index (χ1v) is 7.66. The lowest BCUT2D eigenvalue weighted by atomic mass is 9.97. The van der Waals surface area contributed by atoms with Gasteiger partial charge in [-0.05, 0) is 38.4 Å². The molecule has 0 amide bonds. The summed E-state index contributed by atoms with van der Waals surface area (Å²) in [5.74, 6) is -5.01. The van der Waals surface area contributed by atoms with Crippen LogP contribution in [0.2, 0.25) is 0 Å². The molecule has 0 radical (unpaired) electrons. The third-order valence-corrected chi connectivity index (χ3v) is 3.64. The van der Waals surface area contributed by atoms with Gasteiger partial charge < -0.3 is 15.4 Å². The number of para-hydroxylation sites is 2. The number of nitriles is 1. The Hall–Kier alpha value is -2.86. The lowest BCUT2D eigenvalue weighted by Gasteiger charge is -2.23. The fourth-order valence-electron chi connectivity index (χ4n) is 2.38. The summed E-state index contributed by atoms with van der Waals surface area (Å²) in [7, 11) is 3.22. The summed E-state index contributed by atoms with van der Waals surface area (Å²) in [5, 5.41) is 9.12. The maximum atomic E-state index is 13.9. The van der Waals surface area contributed by atoms with Crippen LogP contribution in [0.1, 0.15) is 16.7 Å². The van der Waals surface area contributed by atoms with Crippen molar-refractivity contribution in [3.63, 3.8) is 0 Å². The molecule has 0 atom stereocenters. The van der Waals surface area contributed by atoms with E-state index in [-0.39, 0.29) is 29.3 Å². The van der Waals surface area contributed by atoms with E-state index in [1.54, 1.807) is 37.2 Å². The Kier molecular flexibility index (Phi) is 5.61. The third kappa shape index (κ3) is 4.28. The highest BCUT2D eigenvalue weighted by Gasteiger charge is 2.59. The zero-order valence-corrected chi connectivity index (χ0v) is 14.4. The second kappa shape index (κ2) is 7.40. The van der Waals surface area contributed by atoms with E-state index in [1.807, 2.05) is 0 Å². The Balaban J connectivity index is 2.64. The molecule has 2 rings (SSSR count). The molecule has 0 aliphatic rings. The molecule has 9 heteroatoms. The van der Waals surface area contributed by atoms with Gasteiger partial charge in [-0.25, -0.2) is 0 Å². The highest BCUT2D eigenvalue weighted by Crippen LogP contribution is 2.46. The molecule has 0 heterocycles. The van der Waals surface area contributed by atoms with Gasteiger partial charge in [0.1, 0.15) is 11.5 Å². The number of rotatable bonds is 5. The van der Waals surface area contributed by atoms with E-state index < -0.39 is 23.2 Å². The maximum absolute atomic E-state index is 13.9. The molecule has 0 bridgehead atoms. The fraction of sp³-hybridized carbons (Fsp3) is 0.278. The van der Waals surface area contributed by atoms with Crippen LogP contribution in [-0.4, -0.2) is 25.2 Å². The first-order valence-electron chi connectivity index (χ1n) is 7.66. The smallest absolute Gasteiger partial charge is 0.455 e. The van der Waals surface area contributed by atoms with Crippen LogP contribution >= 0.6 is 0 Å². The molecule has 0 fully saturated rings. The van der Waals surface area contributed by atoms with Gasteiger partial charge in [0.25, 0.3) is 0 Å². The van der Waals surface area contributed by atoms with E-state index in [9.17, 15) is 22.0 Å². The van der Waals surface area contributed by atoms with E-state index in [1.165, 1.54) is 12.1 Å². The molecule has 0 aliphatic carbocycles. The zero-order valence-electron chi connectivity index (χ0n) is 14.4. The Bertz CT molecular complexity index is 872. The molecule has 144 valence electrons. The number of hydrogen-bond donors (Lipinski definition) is 1. The van der Waals surface area contributed by atoms with Gasteiger partial charge in [-0.2, -0.15) is 27.2 Å². The van der Waals surface area contributed by atoms with Crippen LogP contribution in [-0.2, 0) is 12.5 Å². The van der Waals surface area contributed by atoms with Crippen LogP contribution in [0.5, 0.6) is 11.5 Å². The lowest BCUT2D eigenvalue weighted by Crippen LogP contribution is -2.34. The number of halogens is 5. The Morgan fingerprint density at radius 3 is 2.22 bits per heavy atom. The second-order valence-corrected chi connectivity index (χ2v) is 6.07. The van der Waals surface area contributed by atoms with Crippen molar-refractivity contribution in [2.45, 2.75) is 18.6 Å². The number of anilines is 1. The Labute approximate surface area is 152 Å². The molecular formula is C18H16F5N3O. The van der Waals surface area contributed by atoms with Gasteiger partial charge in [-0.1, -0.05) is 12.1 Å². The lowest BCUT2D eigenvalue weighted by molar-refractivity contribution is -0.289. The van der Waals surface area contributed by atoms with Gasteiger partial charge in [-0.3, -0.25) is 0 Å². The van der Waals surface area contributed by atoms with Crippen LogP contribution < -0.4 is 10.5 Å². The minimum absolute atomic E-state index is 0.00865. The normalized spacial score (nSPS) is 12.1. The van der Waals surface area contributed by atoms with Gasteiger partial charge >= 0.3 is 12.1 Å². The Morgan fingerprint density at radius 2 is 1.70 bits per heavy atom. The van der Waals surface area contributed by atoms with E-state index in [4.69, 9.17) is 15.7 Å². The molecule has 0 spiro atoms. The molecule has 0 saturated carbocycles. The minimum Gasteiger partial charge on any atom is -0.455 e. The van der Waals surface area contributed by atoms with Crippen molar-refractivity contribution in [2.75, 3.05) is 19.8 Å². The monoisotopic (exact) mass is 380 g/mol. The van der Waals surface area contributed by atoms with Crippen LogP contribution in [0.15, 0.2) is 36.4 Å². The standard InChI is InChI=1S/C18H16F5N3O/c1-26(2)10-12-7-13(17(19,20)18(21,22)23)11(9-24)8-16(12)27-15-6-4-3-5-14(15)25/h3-8H,10,25H2,1-2H3/i19-1,20-1,21-1,22-1,23-1. The number of benzene rings is 2. The molecule has 2 N–H and O–H groups in total. The summed E-state index contributed by atoms with van der Waals surface area (Å²) in [6, 6.07) is 9.24. The average Bonchev–Trinajstić information content (AvgIpc) is 2.56. The van der Waals surface area contributed by atoms with Crippen molar-refractivity contribution >= 4 is 5.69 Å². The minimum atomic E-state index is -5.83. The van der Waals surface area contributed by atoms with Crippen molar-refractivity contribution in [1.29, 1.82) is 5.26 Å². The summed E-state index contributed by atoms with van der Waals surface area (Å²) in [6.45, 7) is 0.00865. The largest absolute Gasteiger partial charge is 0.458 e. The van der Waals surface area contributed by atoms with Crippen molar-refractivity contribution in [3.8, 4) is 17.6 Å². The molecule has 0 aliphatic heterocycles. The number of nitrogen functional groups attached to an aromatic ring is 1. The van der Waals surface area contributed by atoms with Gasteiger partial charge in [0.15, 0.2) is 0 Å². The van der Waals surface area contributed by atoms with Crippen molar-refractivity contribution < 1.29 is 26.7 Å². The molecule has 27 heavy (non-hydrogen) atoms. The van der Waals surface area contributed by atoms with E-state index in [0.29, 0.717) is 6.07 Å². The highest BCUT2D eigenvalue weighted by atomic mass is 18.5. The van der Waals surface area contributed by atoms with Gasteiger partial charge in [0.2, 0.25) is 0 Å². The van der Waals surface area contributed by atoms with Gasteiger partial charge in [-0.15, -0.1) is 0 Å². The zero-order chi connectivity index (χ0) is 20.4. The van der Waals surface area contributed by atoms with Crippen LogP contribution in [0.25, 0.3) is 0 Å². The molecule has 4 nitrogen and oxygen atoms in total. The fourth-order valence-corrected chi connectivity index (χ4v) is 2.38. The van der Waals surface area contributed by atoms with E-state index >= 15 is 0 Å². The average molecular weight is 380 g/mol. The molecule has 2 aromatic carbocycles. The summed E-state index contributed by atoms with van der Waals surface area (Å²) < 4.78 is 71.8. The number of nitrogens with zero attached hydrogens (tertiary/aromatic N) is 2. The van der Waals surface area contributed by atoms with Crippen molar-refractivity contribution in [2.24, 2.45) is 0 Å². The highest BCUT2D eigenvalue weighted by molar-refractivity contribution is 5.56. The summed E-state index contributed by atoms with van der Waals surface area (Å²) in [6.07, 6.45) is -5.83. The predicted molar refractivity (Wildman–Crippen MR) is 89.4 cm³/mol. The van der Waals surface area contributed by atoms with E-state index in [0.717, 1.165) is 6.07 Å².